The van der Waals surface area contributed by atoms with E-state index in [-0.39, 0.29) is 11.5 Å². The monoisotopic (exact) mass is 292 g/mol. The third-order valence-corrected chi connectivity index (χ3v) is 3.85. The fourth-order valence-corrected chi connectivity index (χ4v) is 2.72. The highest BCUT2D eigenvalue weighted by Crippen LogP contribution is 2.22. The zero-order valence-corrected chi connectivity index (χ0v) is 11.7. The van der Waals surface area contributed by atoms with Crippen LogP contribution in [0.15, 0.2) is 57.9 Å². The summed E-state index contributed by atoms with van der Waals surface area (Å²) in [6.45, 7) is 0.884. The second kappa shape index (κ2) is 4.80. The number of carbonyl (C=O) groups is 1. The maximum Gasteiger partial charge on any atom is 0.349 e. The van der Waals surface area contributed by atoms with Crippen LogP contribution >= 0.6 is 0 Å². The molecule has 0 unspecified atom stereocenters. The Balaban J connectivity index is 1.72. The highest BCUT2D eigenvalue weighted by Gasteiger charge is 2.27. The Bertz CT molecular complexity index is 921. The van der Waals surface area contributed by atoms with Gasteiger partial charge in [-0.2, -0.15) is 0 Å². The summed E-state index contributed by atoms with van der Waals surface area (Å²) in [4.78, 5) is 30.6. The average molecular weight is 292 g/mol. The van der Waals surface area contributed by atoms with E-state index >= 15 is 0 Å². The van der Waals surface area contributed by atoms with Gasteiger partial charge in [-0.15, -0.1) is 0 Å². The minimum atomic E-state index is -0.604. The molecule has 5 nitrogen and oxygen atoms in total. The second-order valence-corrected chi connectivity index (χ2v) is 5.26. The summed E-state index contributed by atoms with van der Waals surface area (Å²) >= 11 is 0. The number of nitrogens with zero attached hydrogens (tertiary/aromatic N) is 2. The number of aromatic nitrogens is 1. The number of rotatable bonds is 1. The molecule has 0 atom stereocenters. The second-order valence-electron chi connectivity index (χ2n) is 5.26. The quantitative estimate of drug-likeness (QED) is 0.646. The summed E-state index contributed by atoms with van der Waals surface area (Å²) in [5, 5.41) is 0.736. The zero-order valence-electron chi connectivity index (χ0n) is 11.7. The number of carbonyl (C=O) groups excluding carboxylic acids is 1. The molecule has 0 N–H and O–H groups in total. The largest absolute Gasteiger partial charge is 0.422 e. The number of benzene rings is 1. The van der Waals surface area contributed by atoms with Crippen molar-refractivity contribution in [3.05, 3.63) is 75.9 Å². The summed E-state index contributed by atoms with van der Waals surface area (Å²) in [6.07, 6.45) is 1.71. The number of hydrogen-bond acceptors (Lipinski definition) is 4. The predicted molar refractivity (Wildman–Crippen MR) is 80.3 cm³/mol. The summed E-state index contributed by atoms with van der Waals surface area (Å²) in [5.41, 5.74) is 1.83. The maximum atomic E-state index is 12.6. The van der Waals surface area contributed by atoms with E-state index in [9.17, 15) is 9.59 Å². The summed E-state index contributed by atoms with van der Waals surface area (Å²) in [7, 11) is 0. The first-order chi connectivity index (χ1) is 10.7. The summed E-state index contributed by atoms with van der Waals surface area (Å²) in [6, 6.07) is 12.5. The lowest BCUT2D eigenvalue weighted by Crippen LogP contribution is -2.29. The Hall–Kier alpha value is -2.95. The fraction of sp³-hybridized carbons (Fsp3) is 0.118. The van der Waals surface area contributed by atoms with Gasteiger partial charge in [-0.25, -0.2) is 4.79 Å². The van der Waals surface area contributed by atoms with Gasteiger partial charge in [0, 0.05) is 18.1 Å². The van der Waals surface area contributed by atoms with Gasteiger partial charge in [0.15, 0.2) is 0 Å². The van der Waals surface area contributed by atoms with E-state index in [2.05, 4.69) is 4.98 Å². The van der Waals surface area contributed by atoms with Crippen molar-refractivity contribution >= 4 is 16.9 Å². The van der Waals surface area contributed by atoms with Gasteiger partial charge < -0.3 is 9.32 Å². The van der Waals surface area contributed by atoms with Gasteiger partial charge >= 0.3 is 5.63 Å². The highest BCUT2D eigenvalue weighted by atomic mass is 16.4. The molecule has 0 fully saturated rings. The van der Waals surface area contributed by atoms with Crippen molar-refractivity contribution in [1.82, 2.24) is 9.88 Å². The number of amides is 1. The Morgan fingerprint density at radius 2 is 2.00 bits per heavy atom. The first-order valence-electron chi connectivity index (χ1n) is 6.97. The number of pyridine rings is 1. The van der Waals surface area contributed by atoms with Crippen LogP contribution in [0.3, 0.4) is 0 Å². The average Bonchev–Trinajstić information content (AvgIpc) is 2.97. The third-order valence-electron chi connectivity index (χ3n) is 3.85. The topological polar surface area (TPSA) is 63.4 Å². The molecule has 1 amide bonds. The van der Waals surface area contributed by atoms with Crippen LogP contribution in [0.25, 0.3) is 11.0 Å². The lowest BCUT2D eigenvalue weighted by Gasteiger charge is -2.14. The molecule has 0 spiro atoms. The highest BCUT2D eigenvalue weighted by molar-refractivity contribution is 5.96. The third kappa shape index (κ3) is 1.98. The van der Waals surface area contributed by atoms with Gasteiger partial charge in [-0.05, 0) is 23.8 Å². The predicted octanol–water partition coefficient (Wildman–Crippen LogP) is 2.34. The molecule has 5 heteroatoms. The van der Waals surface area contributed by atoms with Crippen molar-refractivity contribution in [3.8, 4) is 0 Å². The van der Waals surface area contributed by atoms with Crippen LogP contribution in [-0.2, 0) is 13.1 Å². The van der Waals surface area contributed by atoms with E-state index in [0.717, 1.165) is 16.6 Å². The lowest BCUT2D eigenvalue weighted by atomic mass is 10.1. The van der Waals surface area contributed by atoms with Crippen molar-refractivity contribution in [2.45, 2.75) is 13.1 Å². The molecule has 1 aromatic carbocycles. The van der Waals surface area contributed by atoms with E-state index in [0.29, 0.717) is 18.7 Å². The number of hydrogen-bond donors (Lipinski definition) is 0. The van der Waals surface area contributed by atoms with Gasteiger partial charge in [-0.1, -0.05) is 24.3 Å². The molecule has 22 heavy (non-hydrogen) atoms. The Labute approximate surface area is 125 Å². The van der Waals surface area contributed by atoms with Crippen molar-refractivity contribution in [2.24, 2.45) is 0 Å². The smallest absolute Gasteiger partial charge is 0.349 e. The van der Waals surface area contributed by atoms with Crippen molar-refractivity contribution in [1.29, 1.82) is 0 Å². The molecule has 2 aromatic heterocycles. The first kappa shape index (κ1) is 12.8. The lowest BCUT2D eigenvalue weighted by molar-refractivity contribution is 0.0746. The molecule has 3 aromatic rings. The van der Waals surface area contributed by atoms with Crippen LogP contribution in [0.1, 0.15) is 21.6 Å². The molecule has 0 saturated heterocycles. The molecule has 0 radical (unpaired) electrons. The number of para-hydroxylation sites is 1. The molecule has 1 aliphatic rings. The Kier molecular flexibility index (Phi) is 2.79. The zero-order chi connectivity index (χ0) is 15.1. The molecule has 3 heterocycles. The van der Waals surface area contributed by atoms with Crippen LogP contribution in [0, 0.1) is 0 Å². The molecule has 1 aliphatic heterocycles. The van der Waals surface area contributed by atoms with Gasteiger partial charge in [0.05, 0.1) is 12.2 Å². The van der Waals surface area contributed by atoms with E-state index < -0.39 is 5.63 Å². The normalized spacial score (nSPS) is 13.4. The Morgan fingerprint density at radius 1 is 1.14 bits per heavy atom. The molecule has 0 saturated carbocycles. The van der Waals surface area contributed by atoms with Crippen LogP contribution in [0.2, 0.25) is 0 Å². The minimum Gasteiger partial charge on any atom is -0.422 e. The van der Waals surface area contributed by atoms with Gasteiger partial charge in [0.1, 0.15) is 11.1 Å². The van der Waals surface area contributed by atoms with E-state index in [1.165, 1.54) is 0 Å². The Morgan fingerprint density at radius 3 is 2.86 bits per heavy atom. The van der Waals surface area contributed by atoms with Crippen LogP contribution in [0.4, 0.5) is 0 Å². The van der Waals surface area contributed by atoms with E-state index in [4.69, 9.17) is 4.42 Å². The molecule has 108 valence electrons. The van der Waals surface area contributed by atoms with Crippen LogP contribution in [-0.4, -0.2) is 15.8 Å². The summed E-state index contributed by atoms with van der Waals surface area (Å²) in [5.74, 6) is -0.322. The van der Waals surface area contributed by atoms with E-state index in [1.807, 2.05) is 24.3 Å². The first-order valence-corrected chi connectivity index (χ1v) is 6.97. The molecular formula is C17H12N2O3. The number of fused-ring (bicyclic) bond motifs is 2. The van der Waals surface area contributed by atoms with Gasteiger partial charge in [-0.3, -0.25) is 9.78 Å². The molecular weight excluding hydrogens is 280 g/mol. The standard InChI is InChI=1S/C17H12N2O3/c20-16(19-9-12-5-3-7-18-14(12)10-19)13-8-11-4-1-2-6-15(11)22-17(13)21/h1-8H,9-10H2. The minimum absolute atomic E-state index is 0.0616. The SMILES string of the molecule is O=C(c1cc2ccccc2oc1=O)N1Cc2cccnc2C1. The molecule has 0 aliphatic carbocycles. The van der Waals surface area contributed by atoms with E-state index in [1.54, 1.807) is 29.3 Å². The molecule has 4 rings (SSSR count). The van der Waals surface area contributed by atoms with Gasteiger partial charge in [0.25, 0.3) is 5.91 Å². The fourth-order valence-electron chi connectivity index (χ4n) is 2.72. The van der Waals surface area contributed by atoms with Crippen molar-refractivity contribution in [2.75, 3.05) is 0 Å². The maximum absolute atomic E-state index is 12.6. The van der Waals surface area contributed by atoms with Crippen LogP contribution in [0.5, 0.6) is 0 Å². The van der Waals surface area contributed by atoms with Crippen LogP contribution < -0.4 is 5.63 Å². The van der Waals surface area contributed by atoms with Crippen molar-refractivity contribution < 1.29 is 9.21 Å². The van der Waals surface area contributed by atoms with Gasteiger partial charge in [0.2, 0.25) is 0 Å². The summed E-state index contributed by atoms with van der Waals surface area (Å²) < 4.78 is 5.23. The van der Waals surface area contributed by atoms with Crippen molar-refractivity contribution in [3.63, 3.8) is 0 Å². The molecule has 0 bridgehead atoms.